The van der Waals surface area contributed by atoms with Crippen molar-refractivity contribution >= 4 is 33.2 Å². The lowest BCUT2D eigenvalue weighted by atomic mass is 10.3. The number of nitriles is 1. The average Bonchev–Trinajstić information content (AvgIpc) is 3.16. The molecule has 1 amide bonds. The van der Waals surface area contributed by atoms with Gasteiger partial charge in [0, 0.05) is 10.5 Å². The first-order valence-corrected chi connectivity index (χ1v) is 6.29. The Morgan fingerprint density at radius 2 is 2.17 bits per heavy atom. The summed E-state index contributed by atoms with van der Waals surface area (Å²) in [6.45, 7) is 0. The molecule has 2 rings (SSSR count). The number of rotatable bonds is 4. The van der Waals surface area contributed by atoms with E-state index in [9.17, 15) is 4.79 Å². The Balaban J connectivity index is 2.03. The van der Waals surface area contributed by atoms with Gasteiger partial charge in [0.15, 0.2) is 0 Å². The topological polar surface area (TPSA) is 77.3 Å². The zero-order chi connectivity index (χ0) is 13.0. The Morgan fingerprint density at radius 1 is 1.44 bits per heavy atom. The molecule has 0 spiro atoms. The van der Waals surface area contributed by atoms with Crippen LogP contribution in [0.1, 0.15) is 12.8 Å². The maximum absolute atomic E-state index is 11.6. The molecule has 2 N–H and O–H groups in total. The highest BCUT2D eigenvalue weighted by Gasteiger charge is 2.25. The molecule has 1 aromatic carbocycles. The summed E-state index contributed by atoms with van der Waals surface area (Å²) in [5, 5.41) is 15.4. The number of para-hydroxylation sites is 1. The van der Waals surface area contributed by atoms with Crippen molar-refractivity contribution in [2.75, 3.05) is 5.43 Å². The van der Waals surface area contributed by atoms with Crippen LogP contribution in [0.5, 0.6) is 0 Å². The second kappa shape index (κ2) is 5.65. The molecule has 0 bridgehead atoms. The lowest BCUT2D eigenvalue weighted by Crippen LogP contribution is -2.32. The lowest BCUT2D eigenvalue weighted by Gasteiger charge is -2.04. The van der Waals surface area contributed by atoms with Gasteiger partial charge < -0.3 is 5.32 Å². The molecule has 1 fully saturated rings. The van der Waals surface area contributed by atoms with E-state index in [1.54, 1.807) is 12.1 Å². The summed E-state index contributed by atoms with van der Waals surface area (Å²) in [6.07, 6.45) is 1.95. The Bertz CT molecular complexity index is 531. The van der Waals surface area contributed by atoms with E-state index < -0.39 is 5.91 Å². The summed E-state index contributed by atoms with van der Waals surface area (Å²) in [6, 6.07) is 9.32. The van der Waals surface area contributed by atoms with Crippen molar-refractivity contribution in [3.05, 3.63) is 28.7 Å². The van der Waals surface area contributed by atoms with Gasteiger partial charge in [-0.25, -0.2) is 0 Å². The first kappa shape index (κ1) is 12.6. The minimum atomic E-state index is -0.431. The SMILES string of the molecule is N#CC(=NNc1ccccc1Br)C(=O)NC1CC1. The summed E-state index contributed by atoms with van der Waals surface area (Å²) in [4.78, 5) is 11.6. The number of anilines is 1. The van der Waals surface area contributed by atoms with Crippen LogP contribution in [0.2, 0.25) is 0 Å². The summed E-state index contributed by atoms with van der Waals surface area (Å²) in [5.41, 5.74) is 3.23. The van der Waals surface area contributed by atoms with E-state index in [1.165, 1.54) is 0 Å². The van der Waals surface area contributed by atoms with Crippen LogP contribution in [0.3, 0.4) is 0 Å². The van der Waals surface area contributed by atoms with Gasteiger partial charge in [0.05, 0.1) is 5.69 Å². The number of hydrogen-bond acceptors (Lipinski definition) is 4. The van der Waals surface area contributed by atoms with E-state index in [0.29, 0.717) is 5.69 Å². The Morgan fingerprint density at radius 3 is 2.78 bits per heavy atom. The number of nitrogens with zero attached hydrogens (tertiary/aromatic N) is 2. The fraction of sp³-hybridized carbons (Fsp3) is 0.250. The van der Waals surface area contributed by atoms with Crippen LogP contribution in [0.4, 0.5) is 5.69 Å². The molecule has 18 heavy (non-hydrogen) atoms. The molecule has 1 aromatic rings. The van der Waals surface area contributed by atoms with E-state index in [0.717, 1.165) is 17.3 Å². The number of nitrogens with one attached hydrogen (secondary N) is 2. The number of carbonyl (C=O) groups excluding carboxylic acids is 1. The number of hydrogen-bond donors (Lipinski definition) is 2. The number of hydrazone groups is 1. The third-order valence-electron chi connectivity index (χ3n) is 2.40. The standard InChI is InChI=1S/C12H11BrN4O/c13-9-3-1-2-4-10(9)16-17-11(7-14)12(18)15-8-5-6-8/h1-4,8,16H,5-6H2,(H,15,18). The van der Waals surface area contributed by atoms with E-state index in [2.05, 4.69) is 31.8 Å². The normalized spacial score (nSPS) is 14.8. The van der Waals surface area contributed by atoms with E-state index in [4.69, 9.17) is 5.26 Å². The van der Waals surface area contributed by atoms with E-state index in [-0.39, 0.29) is 11.8 Å². The molecule has 0 aliphatic heterocycles. The molecule has 0 unspecified atom stereocenters. The van der Waals surface area contributed by atoms with Gasteiger partial charge >= 0.3 is 0 Å². The molecule has 0 heterocycles. The Hall–Kier alpha value is -1.87. The Labute approximate surface area is 113 Å². The monoisotopic (exact) mass is 306 g/mol. The van der Waals surface area contributed by atoms with Gasteiger partial charge in [-0.2, -0.15) is 10.4 Å². The average molecular weight is 307 g/mol. The predicted molar refractivity (Wildman–Crippen MR) is 72.0 cm³/mol. The number of carbonyl (C=O) groups is 1. The van der Waals surface area contributed by atoms with Crippen molar-refractivity contribution in [3.8, 4) is 6.07 Å². The number of benzene rings is 1. The maximum Gasteiger partial charge on any atom is 0.282 e. The third-order valence-corrected chi connectivity index (χ3v) is 3.09. The highest BCUT2D eigenvalue weighted by Crippen LogP contribution is 2.21. The van der Waals surface area contributed by atoms with Crippen molar-refractivity contribution < 1.29 is 4.79 Å². The summed E-state index contributed by atoms with van der Waals surface area (Å²) in [7, 11) is 0. The van der Waals surface area contributed by atoms with Gasteiger partial charge in [0.2, 0.25) is 5.71 Å². The first-order chi connectivity index (χ1) is 8.70. The van der Waals surface area contributed by atoms with Gasteiger partial charge in [0.1, 0.15) is 6.07 Å². The highest BCUT2D eigenvalue weighted by atomic mass is 79.9. The highest BCUT2D eigenvalue weighted by molar-refractivity contribution is 9.10. The van der Waals surface area contributed by atoms with E-state index >= 15 is 0 Å². The first-order valence-electron chi connectivity index (χ1n) is 5.50. The van der Waals surface area contributed by atoms with Crippen molar-refractivity contribution in [2.24, 2.45) is 5.10 Å². The molecule has 92 valence electrons. The van der Waals surface area contributed by atoms with Gasteiger partial charge in [-0.05, 0) is 40.9 Å². The maximum atomic E-state index is 11.6. The molecule has 0 aromatic heterocycles. The van der Waals surface area contributed by atoms with Crippen LogP contribution < -0.4 is 10.7 Å². The van der Waals surface area contributed by atoms with Gasteiger partial charge in [-0.1, -0.05) is 12.1 Å². The molecule has 1 aliphatic carbocycles. The molecule has 0 atom stereocenters. The number of halogens is 1. The molecule has 6 heteroatoms. The molecule has 1 saturated carbocycles. The van der Waals surface area contributed by atoms with Crippen LogP contribution in [0.25, 0.3) is 0 Å². The molecule has 0 saturated heterocycles. The van der Waals surface area contributed by atoms with Crippen LogP contribution in [-0.2, 0) is 4.79 Å². The summed E-state index contributed by atoms with van der Waals surface area (Å²) in [5.74, 6) is -0.431. The summed E-state index contributed by atoms with van der Waals surface area (Å²) >= 11 is 3.34. The fourth-order valence-corrected chi connectivity index (χ4v) is 1.65. The molecule has 1 aliphatic rings. The van der Waals surface area contributed by atoms with Crippen molar-refractivity contribution in [2.45, 2.75) is 18.9 Å². The van der Waals surface area contributed by atoms with Crippen LogP contribution in [-0.4, -0.2) is 17.7 Å². The fourth-order valence-electron chi connectivity index (χ4n) is 1.28. The van der Waals surface area contributed by atoms with E-state index in [1.807, 2.05) is 18.2 Å². The van der Waals surface area contributed by atoms with Crippen LogP contribution in [0.15, 0.2) is 33.8 Å². The zero-order valence-electron chi connectivity index (χ0n) is 9.48. The number of amides is 1. The quantitative estimate of drug-likeness (QED) is 0.660. The minimum Gasteiger partial charge on any atom is -0.347 e. The van der Waals surface area contributed by atoms with Crippen molar-refractivity contribution in [1.82, 2.24) is 5.32 Å². The Kier molecular flexibility index (Phi) is 3.95. The third kappa shape index (κ3) is 3.31. The second-order valence-corrected chi connectivity index (χ2v) is 4.77. The lowest BCUT2D eigenvalue weighted by molar-refractivity contribution is -0.114. The molecular formula is C12H11BrN4O. The predicted octanol–water partition coefficient (Wildman–Crippen LogP) is 2.02. The summed E-state index contributed by atoms with van der Waals surface area (Å²) < 4.78 is 0.814. The van der Waals surface area contributed by atoms with Gasteiger partial charge in [-0.3, -0.25) is 10.2 Å². The molecule has 5 nitrogen and oxygen atoms in total. The van der Waals surface area contributed by atoms with Crippen LogP contribution >= 0.6 is 15.9 Å². The van der Waals surface area contributed by atoms with Crippen molar-refractivity contribution in [3.63, 3.8) is 0 Å². The largest absolute Gasteiger partial charge is 0.347 e. The smallest absolute Gasteiger partial charge is 0.282 e. The van der Waals surface area contributed by atoms with Crippen molar-refractivity contribution in [1.29, 1.82) is 5.26 Å². The zero-order valence-corrected chi connectivity index (χ0v) is 11.1. The molecular weight excluding hydrogens is 296 g/mol. The minimum absolute atomic E-state index is 0.169. The van der Waals surface area contributed by atoms with Gasteiger partial charge in [-0.15, -0.1) is 0 Å². The van der Waals surface area contributed by atoms with Crippen LogP contribution in [0, 0.1) is 11.3 Å². The second-order valence-electron chi connectivity index (χ2n) is 3.91. The van der Waals surface area contributed by atoms with Gasteiger partial charge in [0.25, 0.3) is 5.91 Å². The molecule has 0 radical (unpaired) electrons.